The van der Waals surface area contributed by atoms with Crippen molar-refractivity contribution < 1.29 is 0 Å². The lowest BCUT2D eigenvalue weighted by molar-refractivity contribution is 0.716. The second kappa shape index (κ2) is 6.96. The van der Waals surface area contributed by atoms with Gasteiger partial charge in [-0.1, -0.05) is 38.6 Å². The average molecular weight is 361 g/mol. The van der Waals surface area contributed by atoms with E-state index in [2.05, 4.69) is 52.8 Å². The van der Waals surface area contributed by atoms with Crippen molar-refractivity contribution in [2.45, 2.75) is 56.3 Å². The molecule has 0 fully saturated rings. The minimum Gasteiger partial charge on any atom is -0.268 e. The molecule has 0 bridgehead atoms. The largest absolute Gasteiger partial charge is 0.272 e. The van der Waals surface area contributed by atoms with Gasteiger partial charge in [-0.25, -0.2) is 4.98 Å². The predicted octanol–water partition coefficient (Wildman–Crippen LogP) is 4.63. The summed E-state index contributed by atoms with van der Waals surface area (Å²) in [6.07, 6.45) is 0.887. The maximum absolute atomic E-state index is 13.2. The highest BCUT2D eigenvalue weighted by Crippen LogP contribution is 2.35. The van der Waals surface area contributed by atoms with Gasteiger partial charge in [0.2, 0.25) is 0 Å². The molecule has 0 N–H and O–H groups in total. The fourth-order valence-electron chi connectivity index (χ4n) is 2.95. The van der Waals surface area contributed by atoms with Gasteiger partial charge in [0.05, 0.1) is 16.3 Å². The predicted molar refractivity (Wildman–Crippen MR) is 104 cm³/mol. The summed E-state index contributed by atoms with van der Waals surface area (Å²) in [6.45, 7) is 10.7. The van der Waals surface area contributed by atoms with Crippen molar-refractivity contribution in [1.29, 1.82) is 0 Å². The van der Waals surface area contributed by atoms with E-state index in [1.807, 2.05) is 4.57 Å². The first-order valence-corrected chi connectivity index (χ1v) is 10.3. The molecule has 5 heteroatoms. The van der Waals surface area contributed by atoms with E-state index >= 15 is 0 Å². The molecule has 2 aromatic rings. The topological polar surface area (TPSA) is 34.9 Å². The van der Waals surface area contributed by atoms with Gasteiger partial charge in [-0.15, -0.1) is 11.8 Å². The summed E-state index contributed by atoms with van der Waals surface area (Å²) in [6, 6.07) is 6.28. The van der Waals surface area contributed by atoms with Crippen LogP contribution in [0.25, 0.3) is 5.69 Å². The standard InChI is InChI=1S/C19H24N2OS2/c1-11(2)10-23-19-20-16-9-14(5)24-17(16)18(22)21(19)15-7-12(3)6-13(4)8-15/h6-8,11,14H,9-10H2,1-5H3/t14-/m0/s1. The van der Waals surface area contributed by atoms with Gasteiger partial charge >= 0.3 is 0 Å². The fourth-order valence-corrected chi connectivity index (χ4v) is 5.02. The molecule has 2 heterocycles. The van der Waals surface area contributed by atoms with Crippen LogP contribution in [0.4, 0.5) is 0 Å². The van der Waals surface area contributed by atoms with Gasteiger partial charge in [0, 0.05) is 17.4 Å². The summed E-state index contributed by atoms with van der Waals surface area (Å²) < 4.78 is 1.82. The zero-order chi connectivity index (χ0) is 17.4. The smallest absolute Gasteiger partial charge is 0.268 e. The minimum atomic E-state index is 0.0885. The Hall–Kier alpha value is -1.20. The third kappa shape index (κ3) is 3.57. The number of hydrogen-bond donors (Lipinski definition) is 0. The minimum absolute atomic E-state index is 0.0885. The molecule has 0 radical (unpaired) electrons. The molecule has 1 aliphatic heterocycles. The monoisotopic (exact) mass is 360 g/mol. The molecule has 0 saturated heterocycles. The molecule has 24 heavy (non-hydrogen) atoms. The first-order valence-electron chi connectivity index (χ1n) is 8.39. The number of thioether (sulfide) groups is 2. The number of rotatable bonds is 4. The molecule has 1 aliphatic rings. The molecular formula is C19H24N2OS2. The van der Waals surface area contributed by atoms with Crippen molar-refractivity contribution in [2.75, 3.05) is 5.75 Å². The Balaban J connectivity index is 2.18. The zero-order valence-corrected chi connectivity index (χ0v) is 16.6. The van der Waals surface area contributed by atoms with Crippen molar-refractivity contribution in [3.8, 4) is 5.69 Å². The summed E-state index contributed by atoms with van der Waals surface area (Å²) >= 11 is 3.35. The van der Waals surface area contributed by atoms with E-state index in [-0.39, 0.29) is 5.56 Å². The Kier molecular flexibility index (Phi) is 5.11. The lowest BCUT2D eigenvalue weighted by atomic mass is 10.1. The van der Waals surface area contributed by atoms with Crippen molar-refractivity contribution >= 4 is 23.5 Å². The van der Waals surface area contributed by atoms with E-state index in [0.29, 0.717) is 11.2 Å². The molecule has 0 spiro atoms. The molecule has 1 aromatic heterocycles. The molecule has 0 unspecified atom stereocenters. The maximum atomic E-state index is 13.2. The van der Waals surface area contributed by atoms with Gasteiger partial charge in [0.15, 0.2) is 5.16 Å². The first kappa shape index (κ1) is 17.6. The van der Waals surface area contributed by atoms with E-state index in [1.54, 1.807) is 23.5 Å². The highest BCUT2D eigenvalue weighted by Gasteiger charge is 2.27. The van der Waals surface area contributed by atoms with Crippen LogP contribution in [0.1, 0.15) is 37.6 Å². The van der Waals surface area contributed by atoms with Crippen LogP contribution >= 0.6 is 23.5 Å². The molecule has 0 amide bonds. The number of benzene rings is 1. The van der Waals surface area contributed by atoms with Crippen LogP contribution in [0.3, 0.4) is 0 Å². The lowest BCUT2D eigenvalue weighted by Gasteiger charge is -2.15. The lowest BCUT2D eigenvalue weighted by Crippen LogP contribution is -2.24. The second-order valence-corrected chi connectivity index (χ2v) is 9.43. The van der Waals surface area contributed by atoms with E-state index in [9.17, 15) is 4.79 Å². The Labute approximate surface area is 152 Å². The van der Waals surface area contributed by atoms with Crippen LogP contribution < -0.4 is 5.56 Å². The maximum Gasteiger partial charge on any atom is 0.272 e. The van der Waals surface area contributed by atoms with Gasteiger partial charge in [-0.05, 0) is 43.0 Å². The quantitative estimate of drug-likeness (QED) is 0.588. The Morgan fingerprint density at radius 3 is 2.58 bits per heavy atom. The fraction of sp³-hybridized carbons (Fsp3) is 0.474. The number of aryl methyl sites for hydroxylation is 2. The molecule has 128 valence electrons. The summed E-state index contributed by atoms with van der Waals surface area (Å²) in [5.41, 5.74) is 4.32. The molecule has 1 atom stereocenters. The Morgan fingerprint density at radius 1 is 1.29 bits per heavy atom. The molecular weight excluding hydrogens is 336 g/mol. The molecule has 0 aliphatic carbocycles. The molecule has 1 aromatic carbocycles. The Morgan fingerprint density at radius 2 is 1.96 bits per heavy atom. The molecule has 3 rings (SSSR count). The van der Waals surface area contributed by atoms with Crippen LogP contribution in [0.2, 0.25) is 0 Å². The third-order valence-corrected chi connectivity index (χ3v) is 6.47. The summed E-state index contributed by atoms with van der Waals surface area (Å²) in [5, 5.41) is 1.25. The highest BCUT2D eigenvalue weighted by molar-refractivity contribution is 8.00. The molecule has 0 saturated carbocycles. The van der Waals surface area contributed by atoms with Gasteiger partial charge in [0.25, 0.3) is 5.56 Å². The average Bonchev–Trinajstić information content (AvgIpc) is 2.85. The first-order chi connectivity index (χ1) is 11.3. The van der Waals surface area contributed by atoms with Crippen LogP contribution in [0.15, 0.2) is 33.0 Å². The van der Waals surface area contributed by atoms with E-state index in [4.69, 9.17) is 4.98 Å². The van der Waals surface area contributed by atoms with Crippen molar-refractivity contribution in [3.63, 3.8) is 0 Å². The van der Waals surface area contributed by atoms with Crippen LogP contribution in [-0.2, 0) is 6.42 Å². The van der Waals surface area contributed by atoms with Crippen LogP contribution in [0, 0.1) is 19.8 Å². The number of aromatic nitrogens is 2. The van der Waals surface area contributed by atoms with Crippen molar-refractivity contribution in [2.24, 2.45) is 5.92 Å². The van der Waals surface area contributed by atoms with E-state index in [0.717, 1.165) is 33.6 Å². The van der Waals surface area contributed by atoms with E-state index < -0.39 is 0 Å². The number of fused-ring (bicyclic) bond motifs is 1. The van der Waals surface area contributed by atoms with E-state index in [1.165, 1.54) is 11.1 Å². The highest BCUT2D eigenvalue weighted by atomic mass is 32.2. The summed E-state index contributed by atoms with van der Waals surface area (Å²) in [4.78, 5) is 18.9. The summed E-state index contributed by atoms with van der Waals surface area (Å²) in [7, 11) is 0. The number of hydrogen-bond acceptors (Lipinski definition) is 4. The van der Waals surface area contributed by atoms with Gasteiger partial charge in [0.1, 0.15) is 0 Å². The van der Waals surface area contributed by atoms with Crippen molar-refractivity contribution in [1.82, 2.24) is 9.55 Å². The van der Waals surface area contributed by atoms with Gasteiger partial charge < -0.3 is 0 Å². The third-order valence-electron chi connectivity index (χ3n) is 3.89. The van der Waals surface area contributed by atoms with Crippen molar-refractivity contribution in [3.05, 3.63) is 45.4 Å². The van der Waals surface area contributed by atoms with Gasteiger partial charge in [-0.2, -0.15) is 0 Å². The molecule has 3 nitrogen and oxygen atoms in total. The zero-order valence-electron chi connectivity index (χ0n) is 14.9. The van der Waals surface area contributed by atoms with Gasteiger partial charge in [-0.3, -0.25) is 9.36 Å². The van der Waals surface area contributed by atoms with Crippen LogP contribution in [0.5, 0.6) is 0 Å². The van der Waals surface area contributed by atoms with Crippen LogP contribution in [-0.4, -0.2) is 20.6 Å². The SMILES string of the molecule is Cc1cc(C)cc(-n2c(SCC(C)C)nc3c(c2=O)S[C@@H](C)C3)c1. The normalized spacial score (nSPS) is 16.7. The Bertz CT molecular complexity index is 807. The summed E-state index contributed by atoms with van der Waals surface area (Å²) in [5.74, 6) is 1.51. The number of nitrogens with zero attached hydrogens (tertiary/aromatic N) is 2. The second-order valence-electron chi connectivity index (χ2n) is 6.99.